The van der Waals surface area contributed by atoms with Crippen molar-refractivity contribution in [3.05, 3.63) is 18.2 Å². The number of aromatic nitrogens is 2. The number of hydrogen-bond acceptors (Lipinski definition) is 2. The molecule has 15 heavy (non-hydrogen) atoms. The molecule has 0 radical (unpaired) electrons. The predicted octanol–water partition coefficient (Wildman–Crippen LogP) is 1.34. The van der Waals surface area contributed by atoms with E-state index in [-0.39, 0.29) is 5.91 Å². The molecule has 0 N–H and O–H groups in total. The molecule has 1 rings (SSSR count). The second-order valence-electron chi connectivity index (χ2n) is 3.06. The van der Waals surface area contributed by atoms with Crippen LogP contribution in [0.5, 0.6) is 0 Å². The maximum absolute atomic E-state index is 12.0. The summed E-state index contributed by atoms with van der Waals surface area (Å²) in [4.78, 5) is 17.5. The minimum atomic E-state index is -0.0868. The number of carbonyl (C=O) groups is 1. The molecule has 1 heterocycles. The zero-order chi connectivity index (χ0) is 11.3. The van der Waals surface area contributed by atoms with E-state index >= 15 is 0 Å². The van der Waals surface area contributed by atoms with Crippen LogP contribution in [0.3, 0.4) is 0 Å². The Kier molecular flexibility index (Phi) is 4.91. The number of halogens is 2. The van der Waals surface area contributed by atoms with E-state index in [9.17, 15) is 4.79 Å². The van der Waals surface area contributed by atoms with Crippen LogP contribution in [0.25, 0.3) is 0 Å². The summed E-state index contributed by atoms with van der Waals surface area (Å²) in [6.45, 7) is 0.997. The summed E-state index contributed by atoms with van der Waals surface area (Å²) in [5.41, 5.74) is 0.547. The molecule has 84 valence electrons. The van der Waals surface area contributed by atoms with E-state index < -0.39 is 0 Å². The first-order valence-electron chi connectivity index (χ1n) is 4.58. The third-order valence-electron chi connectivity index (χ3n) is 2.03. The van der Waals surface area contributed by atoms with Crippen LogP contribution in [0, 0.1) is 0 Å². The highest BCUT2D eigenvalue weighted by Crippen LogP contribution is 2.04. The molecule has 0 fully saturated rings. The quantitative estimate of drug-likeness (QED) is 0.739. The van der Waals surface area contributed by atoms with Crippen LogP contribution in [0.2, 0.25) is 0 Å². The standard InChI is InChI=1S/C9H13Cl2N3O/c1-13-7-12-6-8(13)9(15)14(4-2-10)5-3-11/h6-7H,2-5H2,1H3. The molecule has 6 heteroatoms. The van der Waals surface area contributed by atoms with Crippen molar-refractivity contribution in [2.45, 2.75) is 0 Å². The molecule has 0 aliphatic heterocycles. The van der Waals surface area contributed by atoms with Crippen LogP contribution in [0.4, 0.5) is 0 Å². The van der Waals surface area contributed by atoms with Crippen molar-refractivity contribution < 1.29 is 4.79 Å². The number of imidazole rings is 1. The lowest BCUT2D eigenvalue weighted by Crippen LogP contribution is -2.35. The van der Waals surface area contributed by atoms with Crippen molar-refractivity contribution in [3.8, 4) is 0 Å². The van der Waals surface area contributed by atoms with Crippen molar-refractivity contribution in [2.24, 2.45) is 7.05 Å². The Bertz CT molecular complexity index is 321. The Morgan fingerprint density at radius 3 is 2.47 bits per heavy atom. The monoisotopic (exact) mass is 249 g/mol. The van der Waals surface area contributed by atoms with Gasteiger partial charge < -0.3 is 9.47 Å². The van der Waals surface area contributed by atoms with Gasteiger partial charge in [-0.25, -0.2) is 4.98 Å². The molecule has 4 nitrogen and oxygen atoms in total. The Morgan fingerprint density at radius 1 is 1.47 bits per heavy atom. The van der Waals surface area contributed by atoms with Gasteiger partial charge in [-0.3, -0.25) is 4.79 Å². The summed E-state index contributed by atoms with van der Waals surface area (Å²) < 4.78 is 1.68. The number of rotatable bonds is 5. The zero-order valence-corrected chi connectivity index (χ0v) is 10.0. The molecule has 1 amide bonds. The molecule has 0 bridgehead atoms. The topological polar surface area (TPSA) is 38.1 Å². The third-order valence-corrected chi connectivity index (χ3v) is 2.37. The Balaban J connectivity index is 2.76. The highest BCUT2D eigenvalue weighted by molar-refractivity contribution is 6.18. The molecule has 1 aromatic rings. The third kappa shape index (κ3) is 3.11. The second kappa shape index (κ2) is 5.98. The number of amides is 1. The fraction of sp³-hybridized carbons (Fsp3) is 0.556. The van der Waals surface area contributed by atoms with Crippen LogP contribution in [-0.4, -0.2) is 45.2 Å². The van der Waals surface area contributed by atoms with Crippen LogP contribution in [0.1, 0.15) is 10.5 Å². The molecular formula is C9H13Cl2N3O. The van der Waals surface area contributed by atoms with E-state index in [0.717, 1.165) is 0 Å². The van der Waals surface area contributed by atoms with Crippen LogP contribution in [0.15, 0.2) is 12.5 Å². The molecular weight excluding hydrogens is 237 g/mol. The molecule has 0 spiro atoms. The summed E-state index contributed by atoms with van der Waals surface area (Å²) in [6, 6.07) is 0. The fourth-order valence-electron chi connectivity index (χ4n) is 1.24. The summed E-state index contributed by atoms with van der Waals surface area (Å²) in [6.07, 6.45) is 3.13. The van der Waals surface area contributed by atoms with Gasteiger partial charge in [0.2, 0.25) is 0 Å². The van der Waals surface area contributed by atoms with E-state index in [2.05, 4.69) is 4.98 Å². The Labute approximate surface area is 98.8 Å². The van der Waals surface area contributed by atoms with Gasteiger partial charge in [-0.05, 0) is 0 Å². The van der Waals surface area contributed by atoms with Crippen molar-refractivity contribution >= 4 is 29.1 Å². The number of hydrogen-bond donors (Lipinski definition) is 0. The van der Waals surface area contributed by atoms with Crippen molar-refractivity contribution in [1.29, 1.82) is 0 Å². The van der Waals surface area contributed by atoms with Gasteiger partial charge in [0.15, 0.2) is 0 Å². The van der Waals surface area contributed by atoms with Gasteiger partial charge in [-0.15, -0.1) is 23.2 Å². The summed E-state index contributed by atoms with van der Waals surface area (Å²) in [7, 11) is 1.78. The average molecular weight is 250 g/mol. The van der Waals surface area contributed by atoms with Gasteiger partial charge in [-0.2, -0.15) is 0 Å². The number of nitrogens with zero attached hydrogens (tertiary/aromatic N) is 3. The summed E-state index contributed by atoms with van der Waals surface area (Å²) in [5.74, 6) is 0.720. The highest BCUT2D eigenvalue weighted by atomic mass is 35.5. The lowest BCUT2D eigenvalue weighted by atomic mass is 10.3. The molecule has 0 saturated heterocycles. The number of alkyl halides is 2. The maximum atomic E-state index is 12.0. The first-order chi connectivity index (χ1) is 7.20. The minimum Gasteiger partial charge on any atom is -0.335 e. The van der Waals surface area contributed by atoms with E-state index in [1.807, 2.05) is 0 Å². The summed E-state index contributed by atoms with van der Waals surface area (Å²) >= 11 is 11.2. The van der Waals surface area contributed by atoms with Gasteiger partial charge in [-0.1, -0.05) is 0 Å². The first-order valence-corrected chi connectivity index (χ1v) is 5.65. The minimum absolute atomic E-state index is 0.0868. The van der Waals surface area contributed by atoms with Gasteiger partial charge in [0.25, 0.3) is 5.91 Å². The number of aryl methyl sites for hydroxylation is 1. The lowest BCUT2D eigenvalue weighted by molar-refractivity contribution is 0.0765. The van der Waals surface area contributed by atoms with Gasteiger partial charge in [0, 0.05) is 31.9 Å². The molecule has 0 unspecified atom stereocenters. The molecule has 0 aromatic carbocycles. The molecule has 0 atom stereocenters. The number of carbonyl (C=O) groups excluding carboxylic acids is 1. The van der Waals surface area contributed by atoms with E-state index in [1.54, 1.807) is 22.8 Å². The smallest absolute Gasteiger partial charge is 0.272 e. The Hall–Kier alpha value is -0.740. The highest BCUT2D eigenvalue weighted by Gasteiger charge is 2.17. The van der Waals surface area contributed by atoms with Crippen LogP contribution in [-0.2, 0) is 7.05 Å². The lowest BCUT2D eigenvalue weighted by Gasteiger charge is -2.20. The van der Waals surface area contributed by atoms with E-state index in [4.69, 9.17) is 23.2 Å². The second-order valence-corrected chi connectivity index (χ2v) is 3.82. The maximum Gasteiger partial charge on any atom is 0.272 e. The molecule has 1 aromatic heterocycles. The van der Waals surface area contributed by atoms with Crippen molar-refractivity contribution in [3.63, 3.8) is 0 Å². The predicted molar refractivity (Wildman–Crippen MR) is 60.6 cm³/mol. The SMILES string of the molecule is Cn1cncc1C(=O)N(CCCl)CCCl. The normalized spacial score (nSPS) is 10.3. The zero-order valence-electron chi connectivity index (χ0n) is 8.49. The Morgan fingerprint density at radius 2 is 2.07 bits per heavy atom. The fourth-order valence-corrected chi connectivity index (χ4v) is 1.65. The van der Waals surface area contributed by atoms with Gasteiger partial charge in [0.05, 0.1) is 12.5 Å². The molecule has 0 aliphatic rings. The first kappa shape index (κ1) is 12.3. The van der Waals surface area contributed by atoms with Crippen molar-refractivity contribution in [2.75, 3.05) is 24.8 Å². The summed E-state index contributed by atoms with van der Waals surface area (Å²) in [5, 5.41) is 0. The van der Waals surface area contributed by atoms with Crippen molar-refractivity contribution in [1.82, 2.24) is 14.5 Å². The van der Waals surface area contributed by atoms with E-state index in [1.165, 1.54) is 6.20 Å². The average Bonchev–Trinajstić information content (AvgIpc) is 2.63. The van der Waals surface area contributed by atoms with Crippen LogP contribution < -0.4 is 0 Å². The van der Waals surface area contributed by atoms with Crippen LogP contribution >= 0.6 is 23.2 Å². The largest absolute Gasteiger partial charge is 0.335 e. The molecule has 0 aliphatic carbocycles. The van der Waals surface area contributed by atoms with Gasteiger partial charge in [0.1, 0.15) is 5.69 Å². The van der Waals surface area contributed by atoms with E-state index in [0.29, 0.717) is 30.5 Å². The van der Waals surface area contributed by atoms with Gasteiger partial charge >= 0.3 is 0 Å². The molecule has 0 saturated carbocycles.